The molecule has 1 heterocycles. The number of nitro groups is 1. The number of non-ortho nitro benzene ring substituents is 1. The molecule has 31 heavy (non-hydrogen) atoms. The van der Waals surface area contributed by atoms with E-state index in [4.69, 9.17) is 9.84 Å². The van der Waals surface area contributed by atoms with Crippen LogP contribution >= 0.6 is 15.9 Å². The summed E-state index contributed by atoms with van der Waals surface area (Å²) in [6, 6.07) is 3.73. The van der Waals surface area contributed by atoms with Gasteiger partial charge in [0.15, 0.2) is 0 Å². The zero-order valence-electron chi connectivity index (χ0n) is 17.4. The predicted octanol–water partition coefficient (Wildman–Crippen LogP) is 4.18. The number of terminal acetylenes is 1. The quantitative estimate of drug-likeness (QED) is 0.264. The minimum absolute atomic E-state index is 0.104. The minimum Gasteiger partial charge on any atom is -0.447 e. The predicted molar refractivity (Wildman–Crippen MR) is 122 cm³/mol. The average molecular weight is 493 g/mol. The van der Waals surface area contributed by atoms with E-state index in [1.807, 2.05) is 25.2 Å². The van der Waals surface area contributed by atoms with Crippen LogP contribution in [0.1, 0.15) is 18.9 Å². The molecule has 1 saturated heterocycles. The monoisotopic (exact) mass is 492 g/mol. The van der Waals surface area contributed by atoms with Crippen molar-refractivity contribution in [3.8, 4) is 12.8 Å². The van der Waals surface area contributed by atoms with E-state index < -0.39 is 23.0 Å². The topological polar surface area (TPSA) is 110 Å². The van der Waals surface area contributed by atoms with Crippen LogP contribution in [0.3, 0.4) is 0 Å². The van der Waals surface area contributed by atoms with E-state index in [0.717, 1.165) is 17.6 Å². The van der Waals surface area contributed by atoms with Crippen LogP contribution in [0.2, 0.25) is 0 Å². The lowest BCUT2D eigenvalue weighted by atomic mass is 10.0. The van der Waals surface area contributed by atoms with Crippen LogP contribution in [-0.2, 0) is 16.0 Å². The summed E-state index contributed by atoms with van der Waals surface area (Å²) >= 11 is 3.29. The van der Waals surface area contributed by atoms with Gasteiger partial charge in [0.1, 0.15) is 6.61 Å². The molecule has 0 radical (unpaired) electrons. The molecular weight excluding hydrogens is 468 g/mol. The Hall–Kier alpha value is -3.22. The first kappa shape index (κ1) is 27.8. The molecule has 2 rings (SSSR count). The van der Waals surface area contributed by atoms with Crippen LogP contribution in [-0.4, -0.2) is 46.7 Å². The first-order valence-corrected chi connectivity index (χ1v) is 9.80. The summed E-state index contributed by atoms with van der Waals surface area (Å²) in [6.45, 7) is 5.64. The highest BCUT2D eigenvalue weighted by Gasteiger charge is 2.38. The zero-order chi connectivity index (χ0) is 24.0. The number of amides is 2. The molecule has 0 aromatic heterocycles. The molecule has 2 amide bonds. The number of aliphatic hydroxyl groups excluding tert-OH is 1. The summed E-state index contributed by atoms with van der Waals surface area (Å²) in [5.74, 6) is -0.470. The third kappa shape index (κ3) is 8.20. The maximum absolute atomic E-state index is 12.7. The Bertz CT molecular complexity index is 876. The normalized spacial score (nSPS) is 15.3. The third-order valence-electron chi connectivity index (χ3n) is 4.00. The molecule has 0 aliphatic carbocycles. The molecule has 1 aromatic rings. The van der Waals surface area contributed by atoms with Gasteiger partial charge in [0.2, 0.25) is 5.91 Å². The van der Waals surface area contributed by atoms with Crippen molar-refractivity contribution in [1.29, 1.82) is 0 Å². The fourth-order valence-corrected chi connectivity index (χ4v) is 3.19. The van der Waals surface area contributed by atoms with Gasteiger partial charge in [-0.1, -0.05) is 46.8 Å². The summed E-state index contributed by atoms with van der Waals surface area (Å²) in [6.07, 6.45) is 14.8. The Morgan fingerprint density at radius 3 is 2.65 bits per heavy atom. The highest BCUT2D eigenvalue weighted by atomic mass is 79.9. The Labute approximate surface area is 190 Å². The molecule has 0 unspecified atom stereocenters. The van der Waals surface area contributed by atoms with Crippen molar-refractivity contribution in [1.82, 2.24) is 4.90 Å². The number of rotatable bonds is 7. The highest BCUT2D eigenvalue weighted by molar-refractivity contribution is 9.10. The lowest BCUT2D eigenvalue weighted by molar-refractivity contribution is -0.384. The largest absolute Gasteiger partial charge is 0.447 e. The molecule has 1 aliphatic rings. The number of carbonyl (C=O) groups excluding carboxylic acids is 2. The molecule has 0 bridgehead atoms. The standard InChI is InChI=1S/C19H19BrN2O5.C2H2.CH4O/c1-3-5-13(6-4-2)9-16-12-27-19(24)21(16)18(23)11-14-10-15(22(25)26)7-8-17(14)20;2*1-2/h3-8,10,16H,1,9,11-12H2,2H3;1-2H;2H,1H3/b6-4-,13-5+;;/t16-;;/m1../s1. The Kier molecular flexibility index (Phi) is 13.2. The number of ether oxygens (including phenoxy) is 1. The Morgan fingerprint density at radius 2 is 2.10 bits per heavy atom. The fourth-order valence-electron chi connectivity index (χ4n) is 2.80. The molecule has 0 spiro atoms. The van der Waals surface area contributed by atoms with E-state index in [-0.39, 0.29) is 18.7 Å². The smallest absolute Gasteiger partial charge is 0.416 e. The van der Waals surface area contributed by atoms with E-state index >= 15 is 0 Å². The van der Waals surface area contributed by atoms with E-state index in [9.17, 15) is 19.7 Å². The molecule has 166 valence electrons. The lowest BCUT2D eigenvalue weighted by Gasteiger charge is -2.20. The van der Waals surface area contributed by atoms with Gasteiger partial charge in [0.25, 0.3) is 5.69 Å². The van der Waals surface area contributed by atoms with Crippen LogP contribution in [0.5, 0.6) is 0 Å². The van der Waals surface area contributed by atoms with Gasteiger partial charge < -0.3 is 9.84 Å². The molecule has 1 fully saturated rings. The van der Waals surface area contributed by atoms with Crippen molar-refractivity contribution >= 4 is 33.6 Å². The average Bonchev–Trinajstić information content (AvgIpc) is 3.12. The number of cyclic esters (lactones) is 1. The minimum atomic E-state index is -0.704. The molecule has 0 saturated carbocycles. The number of halogens is 1. The van der Waals surface area contributed by atoms with Crippen LogP contribution in [0.15, 0.2) is 59.1 Å². The number of allylic oxidation sites excluding steroid dienone is 4. The number of aliphatic hydroxyl groups is 1. The van der Waals surface area contributed by atoms with E-state index in [2.05, 4.69) is 35.4 Å². The number of hydrogen-bond donors (Lipinski definition) is 1. The summed E-state index contributed by atoms with van der Waals surface area (Å²) in [4.78, 5) is 36.3. The summed E-state index contributed by atoms with van der Waals surface area (Å²) in [7, 11) is 1.00. The number of nitrogens with zero attached hydrogens (tertiary/aromatic N) is 2. The fraction of sp³-hybridized carbons (Fsp3) is 0.273. The first-order valence-electron chi connectivity index (χ1n) is 9.01. The van der Waals surface area contributed by atoms with Crippen LogP contribution in [0.25, 0.3) is 0 Å². The highest BCUT2D eigenvalue weighted by Crippen LogP contribution is 2.26. The lowest BCUT2D eigenvalue weighted by Crippen LogP contribution is -2.40. The summed E-state index contributed by atoms with van der Waals surface area (Å²) in [5.41, 5.74) is 1.22. The SMILES string of the molecule is C#C.C=C/C=C(\C=C/C)C[C@@H]1COC(=O)N1C(=O)Cc1cc([N+](=O)[O-])ccc1Br.CO. The first-order chi connectivity index (χ1) is 14.9. The Balaban J connectivity index is 0.00000212. The van der Waals surface area contributed by atoms with Gasteiger partial charge in [-0.3, -0.25) is 14.9 Å². The maximum atomic E-state index is 12.7. The summed E-state index contributed by atoms with van der Waals surface area (Å²) in [5, 5.41) is 18.0. The second kappa shape index (κ2) is 14.7. The van der Waals surface area contributed by atoms with E-state index in [1.54, 1.807) is 6.08 Å². The van der Waals surface area contributed by atoms with Gasteiger partial charge >= 0.3 is 6.09 Å². The van der Waals surface area contributed by atoms with E-state index in [1.165, 1.54) is 18.2 Å². The van der Waals surface area contributed by atoms with Gasteiger partial charge in [-0.2, -0.15) is 0 Å². The molecule has 8 nitrogen and oxygen atoms in total. The van der Waals surface area contributed by atoms with Crippen molar-refractivity contribution in [3.63, 3.8) is 0 Å². The second-order valence-corrected chi connectivity index (χ2v) is 6.74. The molecule has 1 N–H and O–H groups in total. The molecule has 9 heteroatoms. The van der Waals surface area contributed by atoms with Crippen LogP contribution in [0.4, 0.5) is 10.5 Å². The van der Waals surface area contributed by atoms with Gasteiger partial charge in [0.05, 0.1) is 17.4 Å². The molecule has 1 aliphatic heterocycles. The second-order valence-electron chi connectivity index (χ2n) is 5.89. The molecule has 1 aromatic carbocycles. The summed E-state index contributed by atoms with van der Waals surface area (Å²) < 4.78 is 5.62. The van der Waals surface area contributed by atoms with Gasteiger partial charge in [0, 0.05) is 23.7 Å². The van der Waals surface area contributed by atoms with Crippen LogP contribution < -0.4 is 0 Å². The third-order valence-corrected chi connectivity index (χ3v) is 4.77. The number of carbonyl (C=O) groups is 2. The number of imide groups is 1. The number of nitro benzene ring substituents is 1. The van der Waals surface area contributed by atoms with Gasteiger partial charge in [-0.25, -0.2) is 9.69 Å². The molecular formula is C22H25BrN2O6. The molecule has 1 atom stereocenters. The van der Waals surface area contributed by atoms with Crippen LogP contribution in [0, 0.1) is 23.0 Å². The van der Waals surface area contributed by atoms with Crippen molar-refractivity contribution in [3.05, 3.63) is 74.8 Å². The van der Waals surface area contributed by atoms with Gasteiger partial charge in [-0.15, -0.1) is 12.8 Å². The zero-order valence-corrected chi connectivity index (χ0v) is 18.9. The van der Waals surface area contributed by atoms with Crippen molar-refractivity contribution < 1.29 is 24.4 Å². The van der Waals surface area contributed by atoms with E-state index in [0.29, 0.717) is 16.5 Å². The Morgan fingerprint density at radius 1 is 1.45 bits per heavy atom. The number of benzene rings is 1. The van der Waals surface area contributed by atoms with Gasteiger partial charge in [-0.05, 0) is 30.5 Å². The van der Waals surface area contributed by atoms with Crippen molar-refractivity contribution in [2.45, 2.75) is 25.8 Å². The van der Waals surface area contributed by atoms with Crippen molar-refractivity contribution in [2.75, 3.05) is 13.7 Å². The van der Waals surface area contributed by atoms with Crippen molar-refractivity contribution in [2.24, 2.45) is 0 Å². The maximum Gasteiger partial charge on any atom is 0.416 e. The number of hydrogen-bond acceptors (Lipinski definition) is 6.